The Morgan fingerprint density at radius 2 is 1.87 bits per heavy atom. The molecule has 2 heterocycles. The van der Waals surface area contributed by atoms with Crippen LogP contribution in [0.15, 0.2) is 23.3 Å². The Bertz CT molecular complexity index is 1200. The molecule has 10 nitrogen and oxygen atoms in total. The largest absolute Gasteiger partial charge is 0.459 e. The van der Waals surface area contributed by atoms with Gasteiger partial charge < -0.3 is 30.3 Å². The maximum absolute atomic E-state index is 14.5. The number of aliphatic hydroxyl groups is 2. The van der Waals surface area contributed by atoms with Gasteiger partial charge in [-0.3, -0.25) is 15.3 Å². The molecule has 4 unspecified atom stereocenters. The number of hydrogen-bond donors (Lipinski definition) is 5. The van der Waals surface area contributed by atoms with E-state index in [2.05, 4.69) is 36.6 Å². The molecule has 4 fully saturated rings. The van der Waals surface area contributed by atoms with Crippen LogP contribution < -0.4 is 16.4 Å². The molecule has 2 saturated carbocycles. The standard InChI is InChI=1S/C37H59N3O7/c1-4-24-14-15-30(39-5-2)29(19-24)31(11-8-18-41)46-35(45)37-34(44)28-10-7-6-9-27(28)33(43)36(37,47-37)21-26(22-42)23(3)12-13-25-16-17-40-32(38)20-25/h14-15,24-25,27-32,39-42H,4-13,16-22,38H2,1-3H3/p+2/t24-,25?,27?,28?,29+,30+,31-,32?,36-,37-/m0/s1. The van der Waals surface area contributed by atoms with Gasteiger partial charge in [-0.15, -0.1) is 0 Å². The fourth-order valence-electron chi connectivity index (χ4n) is 9.34. The van der Waals surface area contributed by atoms with Crippen molar-refractivity contribution in [2.24, 2.45) is 35.3 Å². The molecule has 264 valence electrons. The highest BCUT2D eigenvalue weighted by atomic mass is 16.7. The molecule has 0 amide bonds. The summed E-state index contributed by atoms with van der Waals surface area (Å²) in [6.45, 7) is 7.81. The SMILES string of the molecule is CC[NH2+][C@@H]1C=C[C@H](CC)C[C@H]1[C@H](CCCO)OC(=O)[C@]12O[C@@]1(CC(CO)=C(C)CCC1CC[NH2+]C(N)C1)C(=O)C1CCCCC1C2=O. The van der Waals surface area contributed by atoms with Crippen molar-refractivity contribution >= 4 is 17.5 Å². The second-order valence-corrected chi connectivity index (χ2v) is 15.2. The number of esters is 1. The van der Waals surface area contributed by atoms with Crippen molar-refractivity contribution < 1.29 is 44.7 Å². The first-order valence-electron chi connectivity index (χ1n) is 18.6. The Morgan fingerprint density at radius 3 is 2.53 bits per heavy atom. The van der Waals surface area contributed by atoms with Crippen LogP contribution in [0.3, 0.4) is 0 Å². The Labute approximate surface area is 280 Å². The molecule has 5 aliphatic rings. The fourth-order valence-corrected chi connectivity index (χ4v) is 9.34. The monoisotopic (exact) mass is 659 g/mol. The lowest BCUT2D eigenvalue weighted by Crippen LogP contribution is -2.94. The molecule has 3 aliphatic carbocycles. The van der Waals surface area contributed by atoms with Crippen molar-refractivity contribution in [3.63, 3.8) is 0 Å². The van der Waals surface area contributed by atoms with Gasteiger partial charge in [0.1, 0.15) is 18.3 Å². The molecule has 47 heavy (non-hydrogen) atoms. The van der Waals surface area contributed by atoms with E-state index in [1.807, 2.05) is 6.92 Å². The van der Waals surface area contributed by atoms with Gasteiger partial charge in [0.05, 0.1) is 25.6 Å². The van der Waals surface area contributed by atoms with Crippen molar-refractivity contribution in [3.8, 4) is 0 Å². The number of likely N-dealkylation sites (N-methyl/N-ethyl adjacent to an activating group) is 1. The Balaban J connectivity index is 1.43. The molecule has 10 heteroatoms. The van der Waals surface area contributed by atoms with Gasteiger partial charge in [-0.2, -0.15) is 0 Å². The molecule has 2 aliphatic heterocycles. The highest BCUT2D eigenvalue weighted by Crippen LogP contribution is 2.62. The van der Waals surface area contributed by atoms with E-state index in [1.165, 1.54) is 0 Å². The number of rotatable bonds is 15. The number of hydrogen-bond acceptors (Lipinski definition) is 8. The van der Waals surface area contributed by atoms with Gasteiger partial charge in [0, 0.05) is 31.3 Å². The third-order valence-electron chi connectivity index (χ3n) is 12.3. The molecule has 5 rings (SSSR count). The lowest BCUT2D eigenvalue weighted by molar-refractivity contribution is -0.699. The number of piperidine rings is 1. The smallest absolute Gasteiger partial charge is 0.350 e. The van der Waals surface area contributed by atoms with Gasteiger partial charge in [-0.25, -0.2) is 4.79 Å². The molecule has 2 saturated heterocycles. The number of ether oxygens (including phenoxy) is 2. The van der Waals surface area contributed by atoms with E-state index in [0.29, 0.717) is 43.1 Å². The first kappa shape index (κ1) is 36.3. The van der Waals surface area contributed by atoms with Crippen LogP contribution in [-0.4, -0.2) is 83.6 Å². The predicted octanol–water partition coefficient (Wildman–Crippen LogP) is 1.43. The summed E-state index contributed by atoms with van der Waals surface area (Å²) >= 11 is 0. The average molecular weight is 660 g/mol. The molecular weight excluding hydrogens is 598 g/mol. The summed E-state index contributed by atoms with van der Waals surface area (Å²) in [5.41, 5.74) is 4.20. The van der Waals surface area contributed by atoms with E-state index in [9.17, 15) is 24.6 Å². The Hall–Kier alpha value is -1.95. The minimum absolute atomic E-state index is 0.00224. The van der Waals surface area contributed by atoms with Crippen LogP contribution in [0.1, 0.15) is 104 Å². The summed E-state index contributed by atoms with van der Waals surface area (Å²) in [6.07, 6.45) is 13.4. The summed E-state index contributed by atoms with van der Waals surface area (Å²) < 4.78 is 12.7. The third kappa shape index (κ3) is 7.19. The molecule has 0 aromatic rings. The second-order valence-electron chi connectivity index (χ2n) is 15.2. The molecule has 0 radical (unpaired) electrons. The first-order valence-corrected chi connectivity index (χ1v) is 18.6. The molecule has 0 aromatic heterocycles. The van der Waals surface area contributed by atoms with Crippen LogP contribution in [0.4, 0.5) is 0 Å². The van der Waals surface area contributed by atoms with Gasteiger partial charge in [0.25, 0.3) is 5.60 Å². The number of fused-ring (bicyclic) bond motifs is 2. The van der Waals surface area contributed by atoms with E-state index >= 15 is 0 Å². The molecule has 8 N–H and O–H groups in total. The average Bonchev–Trinajstić information content (AvgIpc) is 3.79. The summed E-state index contributed by atoms with van der Waals surface area (Å²) in [7, 11) is 0. The molecular formula is C37H61N3O7+2. The number of nitrogens with two attached hydrogens (primary N) is 3. The zero-order valence-electron chi connectivity index (χ0n) is 29.0. The number of allylic oxidation sites excluding steroid dienone is 2. The van der Waals surface area contributed by atoms with Crippen molar-refractivity contribution in [1.82, 2.24) is 0 Å². The maximum atomic E-state index is 14.5. The lowest BCUT2D eigenvalue weighted by Gasteiger charge is -2.39. The fraction of sp³-hybridized carbons (Fsp3) is 0.811. The van der Waals surface area contributed by atoms with Crippen LogP contribution in [0.5, 0.6) is 0 Å². The quantitative estimate of drug-likeness (QED) is 0.0760. The lowest BCUT2D eigenvalue weighted by atomic mass is 9.60. The summed E-state index contributed by atoms with van der Waals surface area (Å²) in [5, 5.41) is 24.8. The zero-order valence-corrected chi connectivity index (χ0v) is 29.0. The number of carbonyl (C=O) groups is 3. The zero-order chi connectivity index (χ0) is 33.8. The van der Waals surface area contributed by atoms with Crippen molar-refractivity contribution in [2.45, 2.75) is 134 Å². The Morgan fingerprint density at radius 1 is 1.13 bits per heavy atom. The minimum atomic E-state index is -1.98. The van der Waals surface area contributed by atoms with E-state index in [1.54, 1.807) is 0 Å². The second kappa shape index (κ2) is 15.7. The van der Waals surface area contributed by atoms with Crippen molar-refractivity contribution in [3.05, 3.63) is 23.3 Å². The Kier molecular flexibility index (Phi) is 12.2. The van der Waals surface area contributed by atoms with Crippen molar-refractivity contribution in [1.29, 1.82) is 0 Å². The van der Waals surface area contributed by atoms with Gasteiger partial charge in [0.2, 0.25) is 0 Å². The molecule has 0 spiro atoms. The van der Waals surface area contributed by atoms with E-state index in [4.69, 9.17) is 15.2 Å². The van der Waals surface area contributed by atoms with Crippen LogP contribution >= 0.6 is 0 Å². The van der Waals surface area contributed by atoms with Crippen LogP contribution in [0.2, 0.25) is 0 Å². The van der Waals surface area contributed by atoms with Gasteiger partial charge >= 0.3 is 5.97 Å². The highest BCUT2D eigenvalue weighted by molar-refractivity contribution is 6.23. The number of Topliss-reactive ketones (excluding diaryl/α,β-unsaturated/α-hetero) is 2. The van der Waals surface area contributed by atoms with Gasteiger partial charge in [-0.1, -0.05) is 31.4 Å². The van der Waals surface area contributed by atoms with Gasteiger partial charge in [0.15, 0.2) is 17.2 Å². The molecule has 0 aromatic carbocycles. The van der Waals surface area contributed by atoms with E-state index in [-0.39, 0.29) is 49.3 Å². The summed E-state index contributed by atoms with van der Waals surface area (Å²) in [4.78, 5) is 43.4. The number of ketones is 2. The summed E-state index contributed by atoms with van der Waals surface area (Å²) in [5.74, 6) is -1.41. The molecule has 10 atom stereocenters. The van der Waals surface area contributed by atoms with Crippen LogP contribution in [0.25, 0.3) is 0 Å². The first-order chi connectivity index (χ1) is 22.6. The van der Waals surface area contributed by atoms with Crippen LogP contribution in [-0.2, 0) is 23.9 Å². The van der Waals surface area contributed by atoms with Crippen molar-refractivity contribution in [2.75, 3.05) is 26.3 Å². The van der Waals surface area contributed by atoms with Gasteiger partial charge in [-0.05, 0) is 95.1 Å². The number of quaternary nitrogens is 2. The highest BCUT2D eigenvalue weighted by Gasteiger charge is 2.87. The number of epoxide rings is 1. The predicted molar refractivity (Wildman–Crippen MR) is 177 cm³/mol. The summed E-state index contributed by atoms with van der Waals surface area (Å²) in [6, 6.07) is 0.108. The third-order valence-corrected chi connectivity index (χ3v) is 12.3. The van der Waals surface area contributed by atoms with E-state index in [0.717, 1.165) is 70.0 Å². The normalized spacial score (nSPS) is 37.9. The minimum Gasteiger partial charge on any atom is -0.459 e. The van der Waals surface area contributed by atoms with E-state index < -0.39 is 35.1 Å². The van der Waals surface area contributed by atoms with Crippen LogP contribution in [0, 0.1) is 29.6 Å². The number of aliphatic hydroxyl groups excluding tert-OH is 2. The topological polar surface area (TPSA) is 173 Å². The molecule has 0 bridgehead atoms. The maximum Gasteiger partial charge on any atom is 0.350 e. The number of carbonyl (C=O) groups excluding carboxylic acids is 3.